The first-order valence-corrected chi connectivity index (χ1v) is 7.82. The average Bonchev–Trinajstić information content (AvgIpc) is 2.87. The highest BCUT2D eigenvalue weighted by molar-refractivity contribution is 9.10. The lowest BCUT2D eigenvalue weighted by Gasteiger charge is -1.99. The van der Waals surface area contributed by atoms with Crippen LogP contribution in [0.3, 0.4) is 0 Å². The van der Waals surface area contributed by atoms with Crippen molar-refractivity contribution in [2.75, 3.05) is 0 Å². The lowest BCUT2D eigenvalue weighted by atomic mass is 10.3. The van der Waals surface area contributed by atoms with Gasteiger partial charge in [0.1, 0.15) is 16.2 Å². The first-order valence-electron chi connectivity index (χ1n) is 6.21. The molecule has 0 atom stereocenters. The van der Waals surface area contributed by atoms with Crippen molar-refractivity contribution < 1.29 is 4.74 Å². The maximum absolute atomic E-state index is 5.52. The monoisotopic (exact) mass is 362 g/mol. The van der Waals surface area contributed by atoms with Gasteiger partial charge in [0.2, 0.25) is 0 Å². The van der Waals surface area contributed by atoms with Gasteiger partial charge in [0.15, 0.2) is 0 Å². The summed E-state index contributed by atoms with van der Waals surface area (Å²) in [7, 11) is 0. The molecule has 3 heterocycles. The molecule has 3 aromatic rings. The molecule has 0 aliphatic carbocycles. The van der Waals surface area contributed by atoms with E-state index in [9.17, 15) is 0 Å². The highest BCUT2D eigenvalue weighted by atomic mass is 79.9. The Morgan fingerprint density at radius 1 is 1.14 bits per heavy atom. The summed E-state index contributed by atoms with van der Waals surface area (Å²) in [5, 5.41) is 0.872. The molecule has 106 valence electrons. The third-order valence-corrected chi connectivity index (χ3v) is 4.25. The van der Waals surface area contributed by atoms with Crippen molar-refractivity contribution in [3.8, 4) is 16.6 Å². The Bertz CT molecular complexity index is 748. The second-order valence-corrected chi connectivity index (χ2v) is 6.08. The van der Waals surface area contributed by atoms with E-state index in [0.717, 1.165) is 25.9 Å². The van der Waals surface area contributed by atoms with Crippen molar-refractivity contribution in [3.05, 3.63) is 52.0 Å². The topological polar surface area (TPSA) is 60.8 Å². The van der Waals surface area contributed by atoms with Gasteiger partial charge in [-0.1, -0.05) is 6.07 Å². The zero-order valence-electron chi connectivity index (χ0n) is 11.2. The van der Waals surface area contributed by atoms with Gasteiger partial charge in [-0.15, -0.1) is 11.3 Å². The van der Waals surface area contributed by atoms with E-state index >= 15 is 0 Å². The Kier molecular flexibility index (Phi) is 4.21. The zero-order chi connectivity index (χ0) is 14.7. The van der Waals surface area contributed by atoms with Crippen LogP contribution in [-0.4, -0.2) is 19.9 Å². The molecule has 0 N–H and O–H groups in total. The van der Waals surface area contributed by atoms with Gasteiger partial charge in [0, 0.05) is 12.4 Å². The predicted molar refractivity (Wildman–Crippen MR) is 84.1 cm³/mol. The fourth-order valence-electron chi connectivity index (χ4n) is 1.77. The maximum Gasteiger partial charge on any atom is 0.316 e. The summed E-state index contributed by atoms with van der Waals surface area (Å²) in [6.07, 6.45) is 3.29. The summed E-state index contributed by atoms with van der Waals surface area (Å²) in [4.78, 5) is 18.1. The van der Waals surface area contributed by atoms with Gasteiger partial charge in [-0.05, 0) is 41.1 Å². The van der Waals surface area contributed by atoms with E-state index in [1.165, 1.54) is 0 Å². The van der Waals surface area contributed by atoms with Crippen molar-refractivity contribution in [3.63, 3.8) is 0 Å². The Hall–Kier alpha value is -1.86. The fourth-order valence-corrected chi connectivity index (χ4v) is 3.06. The summed E-state index contributed by atoms with van der Waals surface area (Å²) in [5.41, 5.74) is 1.85. The van der Waals surface area contributed by atoms with Crippen LogP contribution >= 0.6 is 27.3 Å². The molecule has 0 aromatic carbocycles. The lowest BCUT2D eigenvalue weighted by Crippen LogP contribution is -1.98. The number of ether oxygens (including phenoxy) is 1. The first-order chi connectivity index (χ1) is 10.2. The van der Waals surface area contributed by atoms with Gasteiger partial charge >= 0.3 is 6.01 Å². The molecule has 0 aliphatic heterocycles. The molecule has 21 heavy (non-hydrogen) atoms. The molecule has 0 radical (unpaired) electrons. The molecule has 0 unspecified atom stereocenters. The molecule has 0 aliphatic rings. The molecular weight excluding hydrogens is 352 g/mol. The molecule has 0 spiro atoms. The van der Waals surface area contributed by atoms with Gasteiger partial charge in [0.05, 0.1) is 16.3 Å². The molecule has 3 rings (SSSR count). The number of pyridine rings is 1. The van der Waals surface area contributed by atoms with E-state index in [4.69, 9.17) is 4.74 Å². The van der Waals surface area contributed by atoms with Crippen LogP contribution in [0.5, 0.6) is 6.01 Å². The van der Waals surface area contributed by atoms with E-state index in [1.807, 2.05) is 25.1 Å². The number of nitrogens with zero attached hydrogens (tertiary/aromatic N) is 4. The minimum atomic E-state index is 0.351. The van der Waals surface area contributed by atoms with Crippen molar-refractivity contribution in [2.45, 2.75) is 13.5 Å². The van der Waals surface area contributed by atoms with Crippen molar-refractivity contribution in [1.29, 1.82) is 0 Å². The number of aromatic nitrogens is 4. The number of hydrogen-bond acceptors (Lipinski definition) is 6. The summed E-state index contributed by atoms with van der Waals surface area (Å²) in [6, 6.07) is 7.93. The van der Waals surface area contributed by atoms with Crippen LogP contribution in [0.1, 0.15) is 10.7 Å². The standard InChI is InChI=1S/C14H11BrN4OS/c1-9-13(10-4-2-5-11(15)19-10)21-12(18-9)8-20-14-16-6-3-7-17-14/h2-7H,8H2,1H3. The van der Waals surface area contributed by atoms with Gasteiger partial charge < -0.3 is 4.74 Å². The summed E-state index contributed by atoms with van der Waals surface area (Å²) in [6.45, 7) is 2.32. The molecule has 0 saturated carbocycles. The number of rotatable bonds is 4. The molecule has 0 saturated heterocycles. The van der Waals surface area contributed by atoms with E-state index in [0.29, 0.717) is 12.6 Å². The Morgan fingerprint density at radius 3 is 2.71 bits per heavy atom. The van der Waals surface area contributed by atoms with Crippen LogP contribution in [0.4, 0.5) is 0 Å². The number of thiazole rings is 1. The van der Waals surface area contributed by atoms with Crippen molar-refractivity contribution in [2.24, 2.45) is 0 Å². The molecular formula is C14H11BrN4OS. The van der Waals surface area contributed by atoms with Gasteiger partial charge in [0.25, 0.3) is 0 Å². The van der Waals surface area contributed by atoms with Gasteiger partial charge in [-0.3, -0.25) is 0 Å². The lowest BCUT2D eigenvalue weighted by molar-refractivity contribution is 0.280. The van der Waals surface area contributed by atoms with Crippen molar-refractivity contribution in [1.82, 2.24) is 19.9 Å². The molecule has 0 fully saturated rings. The van der Waals surface area contributed by atoms with E-state index in [2.05, 4.69) is 35.9 Å². The third-order valence-electron chi connectivity index (χ3n) is 2.66. The van der Waals surface area contributed by atoms with Crippen molar-refractivity contribution >= 4 is 27.3 Å². The van der Waals surface area contributed by atoms with Crippen LogP contribution in [0.15, 0.2) is 41.3 Å². The predicted octanol–water partition coefficient (Wildman–Crippen LogP) is 3.65. The molecule has 0 bridgehead atoms. The fraction of sp³-hybridized carbons (Fsp3) is 0.143. The Labute approximate surface area is 134 Å². The van der Waals surface area contributed by atoms with Crippen LogP contribution in [0.2, 0.25) is 0 Å². The van der Waals surface area contributed by atoms with Gasteiger partial charge in [-0.25, -0.2) is 19.9 Å². The third kappa shape index (κ3) is 3.43. The highest BCUT2D eigenvalue weighted by Crippen LogP contribution is 2.29. The largest absolute Gasteiger partial charge is 0.456 e. The molecule has 7 heteroatoms. The van der Waals surface area contributed by atoms with E-state index in [1.54, 1.807) is 29.8 Å². The molecule has 0 amide bonds. The average molecular weight is 363 g/mol. The summed E-state index contributed by atoms with van der Waals surface area (Å²) in [5.74, 6) is 0. The molecule has 3 aromatic heterocycles. The minimum absolute atomic E-state index is 0.351. The first kappa shape index (κ1) is 14.1. The minimum Gasteiger partial charge on any atom is -0.456 e. The van der Waals surface area contributed by atoms with E-state index < -0.39 is 0 Å². The molecule has 5 nitrogen and oxygen atoms in total. The quantitative estimate of drug-likeness (QED) is 0.663. The van der Waals surface area contributed by atoms with Crippen LogP contribution in [0.25, 0.3) is 10.6 Å². The number of halogens is 1. The van der Waals surface area contributed by atoms with E-state index in [-0.39, 0.29) is 0 Å². The summed E-state index contributed by atoms with van der Waals surface area (Å²) >= 11 is 4.95. The highest BCUT2D eigenvalue weighted by Gasteiger charge is 2.12. The van der Waals surface area contributed by atoms with Crippen LogP contribution in [0, 0.1) is 6.92 Å². The van der Waals surface area contributed by atoms with Crippen LogP contribution in [-0.2, 0) is 6.61 Å². The SMILES string of the molecule is Cc1nc(COc2ncccn2)sc1-c1cccc(Br)n1. The number of hydrogen-bond donors (Lipinski definition) is 0. The summed E-state index contributed by atoms with van der Waals surface area (Å²) < 4.78 is 6.32. The van der Waals surface area contributed by atoms with Crippen LogP contribution < -0.4 is 4.74 Å². The second-order valence-electron chi connectivity index (χ2n) is 4.19. The zero-order valence-corrected chi connectivity index (χ0v) is 13.6. The number of aryl methyl sites for hydroxylation is 1. The maximum atomic E-state index is 5.52. The smallest absolute Gasteiger partial charge is 0.316 e. The Balaban J connectivity index is 1.78. The second kappa shape index (κ2) is 6.28. The van der Waals surface area contributed by atoms with Gasteiger partial charge in [-0.2, -0.15) is 0 Å². The Morgan fingerprint density at radius 2 is 1.95 bits per heavy atom. The normalized spacial score (nSPS) is 10.6.